The van der Waals surface area contributed by atoms with Crippen LogP contribution in [-0.4, -0.2) is 159 Å². The molecule has 538 valence electrons. The molecule has 2 N–H and O–H groups in total. The van der Waals surface area contributed by atoms with Crippen LogP contribution in [0.15, 0.2) is 146 Å². The normalized spacial score (nSPS) is 16.3. The van der Waals surface area contributed by atoms with Crippen molar-refractivity contribution < 1.29 is 74.7 Å². The van der Waals surface area contributed by atoms with Gasteiger partial charge < -0.3 is 72.7 Å². The van der Waals surface area contributed by atoms with Crippen LogP contribution in [0, 0.1) is 52.4 Å². The zero-order valence-corrected chi connectivity index (χ0v) is 63.7. The number of aryl methyl sites for hydroxylation is 4. The van der Waals surface area contributed by atoms with Gasteiger partial charge in [-0.3, -0.25) is 14.4 Å². The van der Waals surface area contributed by atoms with E-state index in [1.165, 1.54) is 12.2 Å². The SMILES string of the molecule is COCCCC[C@@](O)(c1ccccc1Oc1ccccc1C)[C@@H]1CCCNC1.CON(C)C(=O)[C@@H]1CCCN(C(=O)OC(C)(C)C)C1.Cc1ccccc1Oc1ccccc1C.Cc1ccccc1Oc1ccccc1C(=O)[C@@H]1CCCN(C(=O)OC(C)(C)C)C1.[CH2-]CCCOC.[Cl-].[Mg+2]. The number of likely N-dealkylation sites (tertiary alicyclic amines) is 2. The first kappa shape index (κ1) is 86.5. The summed E-state index contributed by atoms with van der Waals surface area (Å²) in [5.74, 6) is 4.29. The summed E-state index contributed by atoms with van der Waals surface area (Å²) in [5.41, 5.74) is 3.85. The van der Waals surface area contributed by atoms with E-state index in [9.17, 15) is 24.3 Å². The van der Waals surface area contributed by atoms with Gasteiger partial charge in [0.25, 0.3) is 5.91 Å². The van der Waals surface area contributed by atoms with Crippen LogP contribution in [0.1, 0.15) is 150 Å². The second kappa shape index (κ2) is 44.5. The Labute approximate surface area is 613 Å². The van der Waals surface area contributed by atoms with E-state index in [4.69, 9.17) is 38.0 Å². The minimum atomic E-state index is -0.916. The number of piperidine rings is 3. The maximum atomic E-state index is 13.3. The van der Waals surface area contributed by atoms with E-state index in [-0.39, 0.29) is 77.1 Å². The van der Waals surface area contributed by atoms with Crippen LogP contribution >= 0.6 is 0 Å². The van der Waals surface area contributed by atoms with Crippen molar-refractivity contribution in [2.45, 2.75) is 157 Å². The molecule has 0 unspecified atom stereocenters. The summed E-state index contributed by atoms with van der Waals surface area (Å²) < 4.78 is 39.0. The van der Waals surface area contributed by atoms with Gasteiger partial charge in [0.1, 0.15) is 45.7 Å². The molecule has 6 aromatic carbocycles. The third kappa shape index (κ3) is 29.4. The largest absolute Gasteiger partial charge is 2.00 e. The fourth-order valence-corrected chi connectivity index (χ4v) is 11.3. The fraction of sp³-hybridized carbons (Fsp3) is 0.487. The number of benzene rings is 6. The van der Waals surface area contributed by atoms with Gasteiger partial charge in [-0.25, -0.2) is 14.7 Å². The number of nitrogens with zero attached hydrogens (tertiary/aromatic N) is 3. The van der Waals surface area contributed by atoms with Crippen molar-refractivity contribution >= 4 is 46.9 Å². The van der Waals surface area contributed by atoms with Gasteiger partial charge in [-0.2, -0.15) is 6.42 Å². The van der Waals surface area contributed by atoms with Crippen LogP contribution in [0.5, 0.6) is 34.5 Å². The monoisotopic (exact) mass is 1390 g/mol. The van der Waals surface area contributed by atoms with E-state index in [0.29, 0.717) is 43.9 Å². The number of aliphatic hydroxyl groups is 1. The van der Waals surface area contributed by atoms with E-state index < -0.39 is 16.8 Å². The standard InChI is InChI=1S/C24H29NO4.C24H33NO3.C14H14O.C13H24N2O4.C5H11O.ClH.Mg/c1-17-10-5-7-13-20(17)28-21-14-8-6-12-19(21)22(26)18-11-9-15-25(16-18)23(27)29-24(2,3)4;1-19-10-3-5-13-22(19)28-23-14-6-4-12-21(23)24(26,15-7-8-17-27-2)20-11-9-16-25-18-20;1-11-7-3-5-9-13(11)15-14-10-6-4-8-12(14)2;1-13(2,3)19-12(17)15-8-6-7-10(9-15)11(16)14(4)18-5;1-3-4-5-6-2;;/h5-8,10,12-14,18H,9,11,15-16H2,1-4H3;3-6,10,12-14,20,25-26H,7-9,11,15-18H2,1-2H3;3-10H,1-2H3;10H,6-9H2,1-5H3;1,3-5H2,2H3;1H;/q;;;;-1;;+2/p-1/t18-;20-,24+;;10-;;;/m11.1.../s1. The molecule has 0 aromatic heterocycles. The number of Topliss-reactive ketones (excluding diaryl/α,β-unsaturated/α-hetero) is 1. The van der Waals surface area contributed by atoms with Gasteiger partial charge in [-0.15, -0.1) is 0 Å². The number of hydroxylamine groups is 2. The Kier molecular flexibility index (Phi) is 38.9. The maximum absolute atomic E-state index is 13.3. The van der Waals surface area contributed by atoms with Crippen LogP contribution in [-0.2, 0) is 34.2 Å². The third-order valence-corrected chi connectivity index (χ3v) is 16.7. The van der Waals surface area contributed by atoms with Crippen LogP contribution in [0.3, 0.4) is 0 Å². The molecule has 0 bridgehead atoms. The number of ketones is 1. The summed E-state index contributed by atoms with van der Waals surface area (Å²) in [7, 11) is 6.46. The summed E-state index contributed by atoms with van der Waals surface area (Å²) in [4.78, 5) is 57.8. The molecule has 6 aromatic rings. The van der Waals surface area contributed by atoms with Gasteiger partial charge in [0.05, 0.1) is 24.2 Å². The summed E-state index contributed by atoms with van der Waals surface area (Å²) in [6.07, 6.45) is 9.11. The molecule has 3 amide bonds. The zero-order chi connectivity index (χ0) is 71.0. The number of carbonyl (C=O) groups excluding carboxylic acids is 4. The van der Waals surface area contributed by atoms with Gasteiger partial charge in [-0.05, 0) is 198 Å². The first-order valence-electron chi connectivity index (χ1n) is 34.3. The number of hydrogen-bond acceptors (Lipinski definition) is 14. The van der Waals surface area contributed by atoms with E-state index in [1.807, 2.05) is 209 Å². The van der Waals surface area contributed by atoms with Gasteiger partial charge in [0.15, 0.2) is 5.78 Å². The minimum absolute atomic E-state index is 0. The molecule has 19 heteroatoms. The molecule has 0 radical (unpaired) electrons. The first-order valence-corrected chi connectivity index (χ1v) is 34.3. The number of para-hydroxylation sites is 6. The molecule has 3 aliphatic heterocycles. The van der Waals surface area contributed by atoms with Gasteiger partial charge in [0, 0.05) is 84.6 Å². The molecule has 3 fully saturated rings. The minimum Gasteiger partial charge on any atom is -1.00 e. The molecule has 4 atom stereocenters. The Morgan fingerprint density at radius 1 is 0.545 bits per heavy atom. The van der Waals surface area contributed by atoms with E-state index in [0.717, 1.165) is 147 Å². The third-order valence-electron chi connectivity index (χ3n) is 16.7. The number of hydrogen-bond donors (Lipinski definition) is 2. The fourth-order valence-electron chi connectivity index (χ4n) is 11.3. The summed E-state index contributed by atoms with van der Waals surface area (Å²) in [5, 5.41) is 16.7. The number of nitrogens with one attached hydrogen (secondary N) is 1. The average molecular weight is 1400 g/mol. The molecule has 0 spiro atoms. The number of halogens is 1. The number of ether oxygens (including phenoxy) is 7. The molecular weight excluding hydrogens is 1280 g/mol. The van der Waals surface area contributed by atoms with Crippen LogP contribution in [0.2, 0.25) is 0 Å². The molecule has 99 heavy (non-hydrogen) atoms. The number of methoxy groups -OCH3 is 2. The number of amides is 3. The first-order chi connectivity index (χ1) is 46.3. The Morgan fingerprint density at radius 3 is 1.37 bits per heavy atom. The average Bonchev–Trinajstić information content (AvgIpc) is 0.783. The van der Waals surface area contributed by atoms with Gasteiger partial charge in [0.2, 0.25) is 0 Å². The van der Waals surface area contributed by atoms with E-state index in [2.05, 4.69) is 12.2 Å². The molecule has 0 saturated carbocycles. The Bertz CT molecular complexity index is 3310. The van der Waals surface area contributed by atoms with Crippen molar-refractivity contribution in [3.63, 3.8) is 0 Å². The second-order valence-electron chi connectivity index (χ2n) is 26.9. The van der Waals surface area contributed by atoms with E-state index in [1.54, 1.807) is 37.1 Å². The zero-order valence-electron chi connectivity index (χ0n) is 61.5. The number of carbonyl (C=O) groups is 4. The van der Waals surface area contributed by atoms with Crippen LogP contribution in [0.4, 0.5) is 9.59 Å². The predicted octanol–water partition coefficient (Wildman–Crippen LogP) is 14.0. The van der Waals surface area contributed by atoms with Crippen molar-refractivity contribution in [1.82, 2.24) is 20.2 Å². The molecular formula is C80H111ClMgN4O13. The quantitative estimate of drug-likeness (QED) is 0.0242. The van der Waals surface area contributed by atoms with Crippen molar-refractivity contribution in [2.24, 2.45) is 17.8 Å². The Balaban J connectivity index is 0.000000340. The van der Waals surface area contributed by atoms with Crippen molar-refractivity contribution in [3.8, 4) is 34.5 Å². The molecule has 9 rings (SSSR count). The molecule has 3 aliphatic rings. The van der Waals surface area contributed by atoms with E-state index >= 15 is 0 Å². The van der Waals surface area contributed by atoms with Gasteiger partial charge >= 0.3 is 35.2 Å². The number of unbranched alkanes of at least 4 members (excludes halogenated alkanes) is 2. The molecule has 17 nitrogen and oxygen atoms in total. The van der Waals surface area contributed by atoms with Crippen molar-refractivity contribution in [3.05, 3.63) is 186 Å². The molecule has 3 heterocycles. The Morgan fingerprint density at radius 2 is 0.949 bits per heavy atom. The predicted molar refractivity (Wildman–Crippen MR) is 390 cm³/mol. The molecule has 0 aliphatic carbocycles. The summed E-state index contributed by atoms with van der Waals surface area (Å²) in [6, 6.07) is 47.1. The molecule has 3 saturated heterocycles. The summed E-state index contributed by atoms with van der Waals surface area (Å²) in [6.45, 7) is 28.2. The number of rotatable bonds is 20. The maximum Gasteiger partial charge on any atom is 2.00 e. The smallest absolute Gasteiger partial charge is 1.00 e. The second-order valence-corrected chi connectivity index (χ2v) is 26.9. The topological polar surface area (TPSA) is 184 Å². The van der Waals surface area contributed by atoms with Crippen molar-refractivity contribution in [1.29, 1.82) is 0 Å². The van der Waals surface area contributed by atoms with Crippen LogP contribution in [0.25, 0.3) is 0 Å². The van der Waals surface area contributed by atoms with Crippen molar-refractivity contribution in [2.75, 3.05) is 80.9 Å². The Hall–Kier alpha value is -6.74. The van der Waals surface area contributed by atoms with Crippen LogP contribution < -0.4 is 31.9 Å². The summed E-state index contributed by atoms with van der Waals surface area (Å²) >= 11 is 0. The van der Waals surface area contributed by atoms with Gasteiger partial charge in [-0.1, -0.05) is 110 Å².